The molecule has 0 aliphatic rings. The zero-order chi connectivity index (χ0) is 14.4. The summed E-state index contributed by atoms with van der Waals surface area (Å²) in [6.45, 7) is 3.20. The van der Waals surface area contributed by atoms with Gasteiger partial charge in [0, 0.05) is 0 Å². The van der Waals surface area contributed by atoms with Crippen molar-refractivity contribution in [2.45, 2.75) is 13.8 Å². The lowest BCUT2D eigenvalue weighted by Gasteiger charge is -1.91. The van der Waals surface area contributed by atoms with Crippen molar-refractivity contribution in [3.8, 4) is 0 Å². The minimum absolute atomic E-state index is 0.0185. The van der Waals surface area contributed by atoms with Crippen molar-refractivity contribution in [1.82, 2.24) is 9.97 Å². The number of oxazole rings is 2. The van der Waals surface area contributed by atoms with Gasteiger partial charge in [0.15, 0.2) is 24.2 Å². The molecule has 0 bridgehead atoms. The molecule has 8 heteroatoms. The Labute approximate surface area is 108 Å². The highest BCUT2D eigenvalue weighted by Gasteiger charge is 2.12. The van der Waals surface area contributed by atoms with Gasteiger partial charge < -0.3 is 18.7 Å². The Bertz CT molecular complexity index is 571. The van der Waals surface area contributed by atoms with Crippen molar-refractivity contribution in [3.63, 3.8) is 0 Å². The van der Waals surface area contributed by atoms with Crippen LogP contribution in [0.3, 0.4) is 0 Å². The normalized spacial score (nSPS) is 9.42. The van der Waals surface area contributed by atoms with E-state index in [1.165, 1.54) is 13.5 Å². The van der Waals surface area contributed by atoms with Crippen molar-refractivity contribution in [3.05, 3.63) is 35.7 Å². The summed E-state index contributed by atoms with van der Waals surface area (Å²) in [6.07, 6.45) is 2.32. The second-order valence-corrected chi connectivity index (χ2v) is 3.31. The number of aryl methyl sites for hydroxylation is 2. The Morgan fingerprint density at radius 3 is 1.84 bits per heavy atom. The molecule has 2 aromatic heterocycles. The number of carbonyl (C=O) groups excluding carboxylic acids is 1. The third-order valence-electron chi connectivity index (χ3n) is 2.07. The molecule has 0 spiro atoms. The first-order valence-corrected chi connectivity index (χ1v) is 5.09. The number of esters is 1. The Hall–Kier alpha value is -2.64. The van der Waals surface area contributed by atoms with Gasteiger partial charge in [-0.1, -0.05) is 0 Å². The minimum atomic E-state index is -1.05. The third-order valence-corrected chi connectivity index (χ3v) is 2.07. The molecular formula is C11H12N2O6. The van der Waals surface area contributed by atoms with Crippen LogP contribution in [-0.4, -0.2) is 34.1 Å². The highest BCUT2D eigenvalue weighted by Crippen LogP contribution is 2.04. The summed E-state index contributed by atoms with van der Waals surface area (Å²) in [6, 6.07) is 0. The fraction of sp³-hybridized carbons (Fsp3) is 0.273. The van der Waals surface area contributed by atoms with Gasteiger partial charge in [-0.15, -0.1) is 0 Å². The van der Waals surface area contributed by atoms with Crippen molar-refractivity contribution in [2.75, 3.05) is 7.11 Å². The quantitative estimate of drug-likeness (QED) is 0.813. The average molecular weight is 268 g/mol. The smallest absolute Gasteiger partial charge is 0.360 e. The van der Waals surface area contributed by atoms with E-state index in [1.54, 1.807) is 13.8 Å². The van der Waals surface area contributed by atoms with E-state index in [0.29, 0.717) is 11.5 Å². The fourth-order valence-corrected chi connectivity index (χ4v) is 1.11. The van der Waals surface area contributed by atoms with Gasteiger partial charge in [-0.25, -0.2) is 19.6 Å². The number of hydrogen-bond donors (Lipinski definition) is 1. The molecule has 2 heterocycles. The highest BCUT2D eigenvalue weighted by atomic mass is 16.5. The number of hydrogen-bond acceptors (Lipinski definition) is 7. The van der Waals surface area contributed by atoms with Crippen molar-refractivity contribution in [2.24, 2.45) is 0 Å². The molecule has 8 nitrogen and oxygen atoms in total. The van der Waals surface area contributed by atoms with Gasteiger partial charge in [0.05, 0.1) is 7.11 Å². The highest BCUT2D eigenvalue weighted by molar-refractivity contribution is 5.87. The number of ether oxygens (including phenoxy) is 1. The molecule has 1 N–H and O–H groups in total. The second-order valence-electron chi connectivity index (χ2n) is 3.31. The van der Waals surface area contributed by atoms with E-state index in [-0.39, 0.29) is 11.4 Å². The topological polar surface area (TPSA) is 116 Å². The molecule has 19 heavy (non-hydrogen) atoms. The van der Waals surface area contributed by atoms with Crippen LogP contribution in [0.25, 0.3) is 0 Å². The van der Waals surface area contributed by atoms with Crippen LogP contribution >= 0.6 is 0 Å². The third kappa shape index (κ3) is 3.66. The van der Waals surface area contributed by atoms with E-state index < -0.39 is 11.9 Å². The Kier molecular flexibility index (Phi) is 4.81. The number of carboxylic acid groups (broad SMARTS) is 1. The lowest BCUT2D eigenvalue weighted by atomic mass is 10.4. The number of rotatable bonds is 2. The molecule has 102 valence electrons. The van der Waals surface area contributed by atoms with Crippen LogP contribution < -0.4 is 0 Å². The predicted octanol–water partition coefficient (Wildman–Crippen LogP) is 1.45. The Morgan fingerprint density at radius 2 is 1.58 bits per heavy atom. The lowest BCUT2D eigenvalue weighted by Crippen LogP contribution is -2.02. The molecule has 0 amide bonds. The van der Waals surface area contributed by atoms with Crippen molar-refractivity contribution >= 4 is 11.9 Å². The van der Waals surface area contributed by atoms with Crippen LogP contribution in [0, 0.1) is 13.8 Å². The van der Waals surface area contributed by atoms with Crippen molar-refractivity contribution < 1.29 is 28.3 Å². The first kappa shape index (κ1) is 14.4. The summed E-state index contributed by atoms with van der Waals surface area (Å²) in [5.74, 6) is -0.707. The summed E-state index contributed by atoms with van der Waals surface area (Å²) in [5.41, 5.74) is 0.220. The number of aromatic nitrogens is 2. The number of nitrogens with zero attached hydrogens (tertiary/aromatic N) is 2. The molecule has 0 radical (unpaired) electrons. The van der Waals surface area contributed by atoms with Crippen LogP contribution in [0.5, 0.6) is 0 Å². The van der Waals surface area contributed by atoms with Gasteiger partial charge >= 0.3 is 11.9 Å². The zero-order valence-electron chi connectivity index (χ0n) is 10.5. The van der Waals surface area contributed by atoms with Gasteiger partial charge in [-0.2, -0.15) is 0 Å². The number of methoxy groups -OCH3 is 1. The van der Waals surface area contributed by atoms with Crippen LogP contribution in [0.15, 0.2) is 21.6 Å². The zero-order valence-corrected chi connectivity index (χ0v) is 10.5. The molecule has 0 aliphatic heterocycles. The van der Waals surface area contributed by atoms with Crippen LogP contribution in [0.1, 0.15) is 32.5 Å². The maximum atomic E-state index is 10.8. The molecule has 0 aromatic carbocycles. The number of aromatic carboxylic acids is 1. The van der Waals surface area contributed by atoms with Crippen LogP contribution in [0.2, 0.25) is 0 Å². The summed E-state index contributed by atoms with van der Waals surface area (Å²) in [4.78, 5) is 28.0. The van der Waals surface area contributed by atoms with E-state index >= 15 is 0 Å². The summed E-state index contributed by atoms with van der Waals surface area (Å²) < 4.78 is 13.8. The molecule has 0 saturated heterocycles. The molecule has 0 aliphatic carbocycles. The average Bonchev–Trinajstić information content (AvgIpc) is 2.97. The molecular weight excluding hydrogens is 256 g/mol. The van der Waals surface area contributed by atoms with Gasteiger partial charge in [0.1, 0.15) is 11.5 Å². The van der Waals surface area contributed by atoms with Gasteiger partial charge in [0.25, 0.3) is 0 Å². The first-order chi connectivity index (χ1) is 8.97. The van der Waals surface area contributed by atoms with E-state index in [2.05, 4.69) is 19.1 Å². The van der Waals surface area contributed by atoms with Crippen LogP contribution in [0.4, 0.5) is 0 Å². The van der Waals surface area contributed by atoms with E-state index in [0.717, 1.165) is 6.39 Å². The van der Waals surface area contributed by atoms with Gasteiger partial charge in [0.2, 0.25) is 0 Å². The van der Waals surface area contributed by atoms with Gasteiger partial charge in [-0.05, 0) is 13.8 Å². The molecule has 2 rings (SSSR count). The molecule has 0 unspecified atom stereocenters. The summed E-state index contributed by atoms with van der Waals surface area (Å²) in [5, 5.41) is 8.33. The monoisotopic (exact) mass is 268 g/mol. The summed E-state index contributed by atoms with van der Waals surface area (Å²) in [7, 11) is 1.30. The maximum Gasteiger partial charge on any atom is 0.360 e. The lowest BCUT2D eigenvalue weighted by molar-refractivity contribution is 0.0592. The standard InChI is InChI=1S/C6H7NO3.C5H5NO3/c1-4-5(6(8)9-2)7-3-10-4;1-3-4(5(7)8)6-2-9-3/h3H,1-2H3;2H,1H3,(H,7,8). The van der Waals surface area contributed by atoms with Gasteiger partial charge in [-0.3, -0.25) is 0 Å². The SMILES string of the molecule is COC(=O)c1ncoc1C.Cc1ocnc1C(=O)O. The molecule has 0 fully saturated rings. The number of carbonyl (C=O) groups is 2. The van der Waals surface area contributed by atoms with E-state index in [4.69, 9.17) is 9.52 Å². The first-order valence-electron chi connectivity index (χ1n) is 5.09. The van der Waals surface area contributed by atoms with E-state index in [9.17, 15) is 9.59 Å². The minimum Gasteiger partial charge on any atom is -0.476 e. The number of carboxylic acids is 1. The molecule has 0 saturated carbocycles. The predicted molar refractivity (Wildman–Crippen MR) is 60.8 cm³/mol. The van der Waals surface area contributed by atoms with Crippen molar-refractivity contribution in [1.29, 1.82) is 0 Å². The Morgan fingerprint density at radius 1 is 1.11 bits per heavy atom. The fourth-order valence-electron chi connectivity index (χ4n) is 1.11. The summed E-state index contributed by atoms with van der Waals surface area (Å²) >= 11 is 0. The Balaban J connectivity index is 0.000000191. The molecule has 0 atom stereocenters. The van der Waals surface area contributed by atoms with E-state index in [1.807, 2.05) is 0 Å². The maximum absolute atomic E-state index is 10.8. The van der Waals surface area contributed by atoms with Crippen LogP contribution in [-0.2, 0) is 4.74 Å². The molecule has 2 aromatic rings. The largest absolute Gasteiger partial charge is 0.476 e. The second kappa shape index (κ2) is 6.34.